The molecule has 6 heteroatoms. The molecule has 0 radical (unpaired) electrons. The predicted octanol–water partition coefficient (Wildman–Crippen LogP) is 4.08. The zero-order valence-corrected chi connectivity index (χ0v) is 13.0. The van der Waals surface area contributed by atoms with Gasteiger partial charge in [0.15, 0.2) is 0 Å². The molecule has 2 aromatic heterocycles. The normalized spacial score (nSPS) is 12.9. The molecule has 0 bridgehead atoms. The molecule has 0 aliphatic rings. The summed E-state index contributed by atoms with van der Waals surface area (Å²) in [4.78, 5) is 2.57. The summed E-state index contributed by atoms with van der Waals surface area (Å²) in [5.74, 6) is 5.60. The lowest BCUT2D eigenvalue weighted by molar-refractivity contribution is 0.564. The highest BCUT2D eigenvalue weighted by atomic mass is 79.9. The van der Waals surface area contributed by atoms with Crippen molar-refractivity contribution < 1.29 is 0 Å². The minimum Gasteiger partial charge on any atom is -0.271 e. The van der Waals surface area contributed by atoms with Crippen LogP contribution in [0.4, 0.5) is 0 Å². The SMILES string of the molecule is NNC(Cc1ccc(Br)s1)c1cc(Br)cs1. The molecule has 0 spiro atoms. The van der Waals surface area contributed by atoms with Crippen LogP contribution in [0.25, 0.3) is 0 Å². The molecule has 0 amide bonds. The Labute approximate surface area is 119 Å². The third kappa shape index (κ3) is 3.15. The Morgan fingerprint density at radius 3 is 2.69 bits per heavy atom. The highest BCUT2D eigenvalue weighted by Gasteiger charge is 2.13. The van der Waals surface area contributed by atoms with Gasteiger partial charge < -0.3 is 0 Å². The topological polar surface area (TPSA) is 38.0 Å². The summed E-state index contributed by atoms with van der Waals surface area (Å²) >= 11 is 10.4. The maximum Gasteiger partial charge on any atom is 0.0701 e. The monoisotopic (exact) mass is 380 g/mol. The van der Waals surface area contributed by atoms with E-state index in [0.717, 1.165) is 14.7 Å². The summed E-state index contributed by atoms with van der Waals surface area (Å²) in [5, 5.41) is 2.07. The number of nitrogens with one attached hydrogen (secondary N) is 1. The second-order valence-corrected chi connectivity index (χ2v) is 7.70. The van der Waals surface area contributed by atoms with Crippen LogP contribution in [0.5, 0.6) is 0 Å². The first-order valence-corrected chi connectivity index (χ1v) is 7.91. The van der Waals surface area contributed by atoms with E-state index in [2.05, 4.69) is 60.9 Å². The molecule has 2 aromatic rings. The Kier molecular flexibility index (Phi) is 4.57. The third-order valence-electron chi connectivity index (χ3n) is 2.17. The van der Waals surface area contributed by atoms with E-state index in [9.17, 15) is 0 Å². The smallest absolute Gasteiger partial charge is 0.0701 e. The number of hydrogen-bond acceptors (Lipinski definition) is 4. The molecule has 3 N–H and O–H groups in total. The Morgan fingerprint density at radius 1 is 1.38 bits per heavy atom. The number of nitrogens with two attached hydrogens (primary N) is 1. The van der Waals surface area contributed by atoms with E-state index in [1.807, 2.05) is 0 Å². The summed E-state index contributed by atoms with van der Waals surface area (Å²) in [5.41, 5.74) is 2.87. The molecule has 2 nitrogen and oxygen atoms in total. The van der Waals surface area contributed by atoms with Crippen LogP contribution in [-0.2, 0) is 6.42 Å². The fourth-order valence-electron chi connectivity index (χ4n) is 1.42. The standard InChI is InChI=1S/C10H10Br2N2S2/c11-6-3-9(15-5-6)8(14-13)4-7-1-2-10(12)16-7/h1-3,5,8,14H,4,13H2. The molecule has 16 heavy (non-hydrogen) atoms. The van der Waals surface area contributed by atoms with Crippen molar-refractivity contribution in [2.24, 2.45) is 5.84 Å². The van der Waals surface area contributed by atoms with Crippen molar-refractivity contribution in [2.75, 3.05) is 0 Å². The minimum absolute atomic E-state index is 0.182. The molecule has 1 atom stereocenters. The quantitative estimate of drug-likeness (QED) is 0.618. The van der Waals surface area contributed by atoms with E-state index in [4.69, 9.17) is 5.84 Å². The van der Waals surface area contributed by atoms with Gasteiger partial charge in [-0.15, -0.1) is 22.7 Å². The second-order valence-electron chi connectivity index (χ2n) is 3.30. The van der Waals surface area contributed by atoms with E-state index >= 15 is 0 Å². The van der Waals surface area contributed by atoms with Crippen molar-refractivity contribution in [3.8, 4) is 0 Å². The molecule has 86 valence electrons. The summed E-state index contributed by atoms with van der Waals surface area (Å²) in [6.45, 7) is 0. The first-order chi connectivity index (χ1) is 7.69. The maximum atomic E-state index is 5.60. The minimum atomic E-state index is 0.182. The van der Waals surface area contributed by atoms with Crippen molar-refractivity contribution in [2.45, 2.75) is 12.5 Å². The number of hydrazine groups is 1. The average molecular weight is 382 g/mol. The summed E-state index contributed by atoms with van der Waals surface area (Å²) < 4.78 is 2.27. The average Bonchev–Trinajstić information content (AvgIpc) is 2.84. The van der Waals surface area contributed by atoms with Crippen LogP contribution in [-0.4, -0.2) is 0 Å². The molecule has 2 rings (SSSR count). The molecule has 0 aliphatic heterocycles. The van der Waals surface area contributed by atoms with Crippen LogP contribution in [0.2, 0.25) is 0 Å². The van der Waals surface area contributed by atoms with Crippen molar-refractivity contribution in [1.82, 2.24) is 5.43 Å². The Hall–Kier alpha value is 0.280. The van der Waals surface area contributed by atoms with Gasteiger partial charge in [0.1, 0.15) is 0 Å². The van der Waals surface area contributed by atoms with Crippen molar-refractivity contribution in [1.29, 1.82) is 0 Å². The van der Waals surface area contributed by atoms with E-state index in [1.165, 1.54) is 9.75 Å². The van der Waals surface area contributed by atoms with Gasteiger partial charge in [-0.1, -0.05) is 0 Å². The highest BCUT2D eigenvalue weighted by molar-refractivity contribution is 9.11. The zero-order valence-electron chi connectivity index (χ0n) is 8.24. The van der Waals surface area contributed by atoms with E-state index < -0.39 is 0 Å². The summed E-state index contributed by atoms with van der Waals surface area (Å²) in [6, 6.07) is 6.49. The summed E-state index contributed by atoms with van der Waals surface area (Å²) in [6.07, 6.45) is 0.916. The Bertz CT molecular complexity index is 467. The fraction of sp³-hybridized carbons (Fsp3) is 0.200. The molecule has 0 saturated heterocycles. The van der Waals surface area contributed by atoms with Gasteiger partial charge in [-0.05, 0) is 50.1 Å². The van der Waals surface area contributed by atoms with E-state index in [1.54, 1.807) is 22.7 Å². The van der Waals surface area contributed by atoms with Gasteiger partial charge >= 0.3 is 0 Å². The lowest BCUT2D eigenvalue weighted by Gasteiger charge is -2.12. The maximum absolute atomic E-state index is 5.60. The molecule has 0 fully saturated rings. The molecular weight excluding hydrogens is 372 g/mol. The van der Waals surface area contributed by atoms with Gasteiger partial charge in [-0.3, -0.25) is 11.3 Å². The molecule has 0 aromatic carbocycles. The van der Waals surface area contributed by atoms with Crippen LogP contribution in [0.3, 0.4) is 0 Å². The van der Waals surface area contributed by atoms with E-state index in [-0.39, 0.29) is 6.04 Å². The van der Waals surface area contributed by atoms with Gasteiger partial charge in [0.2, 0.25) is 0 Å². The number of halogens is 2. The summed E-state index contributed by atoms with van der Waals surface area (Å²) in [7, 11) is 0. The van der Waals surface area contributed by atoms with Crippen LogP contribution in [0.15, 0.2) is 31.8 Å². The molecule has 0 saturated carbocycles. The third-order valence-corrected chi connectivity index (χ3v) is 5.62. The van der Waals surface area contributed by atoms with Gasteiger partial charge in [0.25, 0.3) is 0 Å². The number of rotatable bonds is 4. The Balaban J connectivity index is 2.12. The van der Waals surface area contributed by atoms with Crippen molar-refractivity contribution in [3.63, 3.8) is 0 Å². The molecule has 2 heterocycles. The first kappa shape index (κ1) is 12.7. The lowest BCUT2D eigenvalue weighted by atomic mass is 10.1. The highest BCUT2D eigenvalue weighted by Crippen LogP contribution is 2.30. The first-order valence-electron chi connectivity index (χ1n) is 4.63. The van der Waals surface area contributed by atoms with E-state index in [0.29, 0.717) is 0 Å². The zero-order chi connectivity index (χ0) is 11.5. The Morgan fingerprint density at radius 2 is 2.19 bits per heavy atom. The molecule has 1 unspecified atom stereocenters. The van der Waals surface area contributed by atoms with Gasteiger partial charge in [0.05, 0.1) is 9.83 Å². The second kappa shape index (κ2) is 5.75. The lowest BCUT2D eigenvalue weighted by Crippen LogP contribution is -2.28. The van der Waals surface area contributed by atoms with Crippen molar-refractivity contribution >= 4 is 54.5 Å². The van der Waals surface area contributed by atoms with Crippen LogP contribution in [0, 0.1) is 0 Å². The van der Waals surface area contributed by atoms with Crippen LogP contribution >= 0.6 is 54.5 Å². The molecular formula is C10H10Br2N2S2. The largest absolute Gasteiger partial charge is 0.271 e. The van der Waals surface area contributed by atoms with Crippen LogP contribution in [0.1, 0.15) is 15.8 Å². The van der Waals surface area contributed by atoms with Gasteiger partial charge in [-0.2, -0.15) is 0 Å². The van der Waals surface area contributed by atoms with Crippen LogP contribution < -0.4 is 11.3 Å². The van der Waals surface area contributed by atoms with Crippen molar-refractivity contribution in [3.05, 3.63) is 41.6 Å². The van der Waals surface area contributed by atoms with Gasteiger partial charge in [-0.25, -0.2) is 0 Å². The predicted molar refractivity (Wildman–Crippen MR) is 77.8 cm³/mol. The fourth-order valence-corrected chi connectivity index (χ4v) is 4.45. The number of thiophene rings is 2. The van der Waals surface area contributed by atoms with Gasteiger partial charge in [0, 0.05) is 26.0 Å². The number of hydrogen-bond donors (Lipinski definition) is 2. The molecule has 0 aliphatic carbocycles.